The van der Waals surface area contributed by atoms with E-state index >= 15 is 0 Å². The average Bonchev–Trinajstić information content (AvgIpc) is 3.00. The van der Waals surface area contributed by atoms with Crippen molar-refractivity contribution < 1.29 is 14.3 Å². The largest absolute Gasteiger partial charge is 0.486 e. The number of carbonyl (C=O) groups excluding carboxylic acids is 2. The van der Waals surface area contributed by atoms with Crippen LogP contribution in [0.15, 0.2) is 6.07 Å². The molecule has 5 atom stereocenters. The monoisotopic (exact) mass is 411 g/mol. The third-order valence-corrected chi connectivity index (χ3v) is 9.05. The Morgan fingerprint density at radius 1 is 1.20 bits per heavy atom. The molecule has 30 heavy (non-hydrogen) atoms. The molecule has 0 bridgehead atoms. The van der Waals surface area contributed by atoms with Gasteiger partial charge in [0.15, 0.2) is 0 Å². The van der Waals surface area contributed by atoms with Gasteiger partial charge in [-0.05, 0) is 43.1 Å². The second-order valence-electron chi connectivity index (χ2n) is 11.1. The minimum Gasteiger partial charge on any atom is -0.486 e. The number of hydrogen-bond donors (Lipinski definition) is 3. The van der Waals surface area contributed by atoms with Crippen LogP contribution in [-0.4, -0.2) is 23.5 Å². The molecule has 1 unspecified atom stereocenters. The van der Waals surface area contributed by atoms with E-state index in [-0.39, 0.29) is 22.8 Å². The summed E-state index contributed by atoms with van der Waals surface area (Å²) in [5, 5.41) is 2.89. The normalized spacial score (nSPS) is 38.4. The molecule has 2 aliphatic carbocycles. The van der Waals surface area contributed by atoms with Crippen LogP contribution in [0.3, 0.4) is 0 Å². The first-order chi connectivity index (χ1) is 14.0. The summed E-state index contributed by atoms with van der Waals surface area (Å²) >= 11 is 0. The van der Waals surface area contributed by atoms with Crippen molar-refractivity contribution in [3.8, 4) is 5.75 Å². The zero-order valence-electron chi connectivity index (χ0n) is 18.4. The first kappa shape index (κ1) is 19.9. The molecule has 0 aromatic heterocycles. The van der Waals surface area contributed by atoms with Crippen molar-refractivity contribution in [3.05, 3.63) is 28.3 Å². The Bertz CT molecular complexity index is 971. The van der Waals surface area contributed by atoms with E-state index in [0.29, 0.717) is 35.3 Å². The summed E-state index contributed by atoms with van der Waals surface area (Å²) < 4.78 is 7.11. The number of hydrogen-bond acceptors (Lipinski definition) is 4. The number of carbonyl (C=O) groups is 2. The molecule has 0 saturated heterocycles. The Labute approximate surface area is 178 Å². The van der Waals surface area contributed by atoms with Crippen molar-refractivity contribution in [2.45, 2.75) is 78.0 Å². The van der Waals surface area contributed by atoms with Crippen molar-refractivity contribution in [3.63, 3.8) is 0 Å². The number of fused-ring (bicyclic) bond motifs is 3. The Morgan fingerprint density at radius 2 is 1.93 bits per heavy atom. The molecule has 1 aromatic rings. The SMILES string of the molecule is C[C@H]1CC[C@H]2C(C)(C)CC(N)C[C@]23Oc2c(c(C(N)=O)cc4c2CNC4=O)C[C@]13C. The standard InChI is InChI=1S/C24H33N3O3/c1-12-5-6-18-22(2,3)8-13(25)9-24(18)23(12,4)10-16-14(20(26)28)7-15-17(19(16)30-24)11-27-21(15)29/h7,12-13,18H,5-6,8-11,25H2,1-4H3,(H2,26,28)(H,27,29)/t12-,13?,18-,23+,24-/m0/s1. The van der Waals surface area contributed by atoms with Crippen LogP contribution in [0.5, 0.6) is 5.75 Å². The maximum absolute atomic E-state index is 12.4. The van der Waals surface area contributed by atoms with Gasteiger partial charge in [0, 0.05) is 52.6 Å². The summed E-state index contributed by atoms with van der Waals surface area (Å²) in [5.74, 6) is 0.839. The second kappa shape index (κ2) is 6.00. The number of primary amides is 1. The van der Waals surface area contributed by atoms with Crippen molar-refractivity contribution in [1.82, 2.24) is 5.32 Å². The molecule has 2 aliphatic heterocycles. The van der Waals surface area contributed by atoms with Crippen molar-refractivity contribution in [2.75, 3.05) is 0 Å². The fraction of sp³-hybridized carbons (Fsp3) is 0.667. The van der Waals surface area contributed by atoms with Crippen LogP contribution in [0, 0.1) is 22.7 Å². The highest BCUT2D eigenvalue weighted by molar-refractivity contribution is 6.04. The zero-order chi connectivity index (χ0) is 21.6. The van der Waals surface area contributed by atoms with Gasteiger partial charge in [-0.3, -0.25) is 9.59 Å². The van der Waals surface area contributed by atoms with Crippen LogP contribution in [-0.2, 0) is 13.0 Å². The van der Waals surface area contributed by atoms with Gasteiger partial charge in [0.1, 0.15) is 11.4 Å². The van der Waals surface area contributed by atoms with Gasteiger partial charge in [0.25, 0.3) is 5.91 Å². The quantitative estimate of drug-likeness (QED) is 0.660. The maximum atomic E-state index is 12.4. The molecule has 162 valence electrons. The molecule has 2 saturated carbocycles. The van der Waals surface area contributed by atoms with Crippen LogP contribution in [0.4, 0.5) is 0 Å². The summed E-state index contributed by atoms with van der Waals surface area (Å²) in [6, 6.07) is 1.74. The molecule has 2 amide bonds. The number of amides is 2. The lowest BCUT2D eigenvalue weighted by atomic mass is 9.43. The zero-order valence-corrected chi connectivity index (χ0v) is 18.4. The predicted octanol–water partition coefficient (Wildman–Crippen LogP) is 2.90. The molecule has 1 spiro atoms. The fourth-order valence-electron chi connectivity index (χ4n) is 7.47. The number of benzene rings is 1. The van der Waals surface area contributed by atoms with E-state index in [1.807, 2.05) is 0 Å². The third kappa shape index (κ3) is 2.34. The lowest BCUT2D eigenvalue weighted by Crippen LogP contribution is -2.71. The minimum atomic E-state index is -0.502. The molecule has 2 heterocycles. The molecule has 2 fully saturated rings. The highest BCUT2D eigenvalue weighted by Gasteiger charge is 2.67. The average molecular weight is 412 g/mol. The molecule has 6 nitrogen and oxygen atoms in total. The summed E-state index contributed by atoms with van der Waals surface area (Å²) in [7, 11) is 0. The van der Waals surface area contributed by atoms with Gasteiger partial charge in [0.2, 0.25) is 5.91 Å². The number of nitrogens with one attached hydrogen (secondary N) is 1. The summed E-state index contributed by atoms with van der Waals surface area (Å²) in [4.78, 5) is 24.8. The van der Waals surface area contributed by atoms with Gasteiger partial charge >= 0.3 is 0 Å². The van der Waals surface area contributed by atoms with Crippen molar-refractivity contribution in [1.29, 1.82) is 0 Å². The highest BCUT2D eigenvalue weighted by atomic mass is 16.5. The fourth-order valence-corrected chi connectivity index (χ4v) is 7.47. The number of rotatable bonds is 1. The van der Waals surface area contributed by atoms with E-state index in [0.717, 1.165) is 43.2 Å². The third-order valence-electron chi connectivity index (χ3n) is 9.05. The van der Waals surface area contributed by atoms with Crippen LogP contribution in [0.2, 0.25) is 0 Å². The van der Waals surface area contributed by atoms with Crippen molar-refractivity contribution >= 4 is 11.8 Å². The lowest BCUT2D eigenvalue weighted by molar-refractivity contribution is -0.214. The smallest absolute Gasteiger partial charge is 0.252 e. The highest BCUT2D eigenvalue weighted by Crippen LogP contribution is 2.66. The minimum absolute atomic E-state index is 0.0644. The van der Waals surface area contributed by atoms with E-state index in [1.54, 1.807) is 6.07 Å². The van der Waals surface area contributed by atoms with Crippen LogP contribution in [0.1, 0.15) is 85.2 Å². The van der Waals surface area contributed by atoms with E-state index in [4.69, 9.17) is 16.2 Å². The lowest BCUT2D eigenvalue weighted by Gasteiger charge is -2.67. The molecular weight excluding hydrogens is 378 g/mol. The molecule has 0 radical (unpaired) electrons. The summed E-state index contributed by atoms with van der Waals surface area (Å²) in [6.07, 6.45) is 4.76. The van der Waals surface area contributed by atoms with Gasteiger partial charge in [-0.1, -0.05) is 27.7 Å². The molecular formula is C24H33N3O3. The van der Waals surface area contributed by atoms with Crippen molar-refractivity contribution in [2.24, 2.45) is 34.1 Å². The summed E-state index contributed by atoms with van der Waals surface area (Å²) in [6.45, 7) is 9.70. The van der Waals surface area contributed by atoms with E-state index in [1.165, 1.54) is 0 Å². The Morgan fingerprint density at radius 3 is 2.63 bits per heavy atom. The van der Waals surface area contributed by atoms with E-state index < -0.39 is 11.5 Å². The molecule has 5 rings (SSSR count). The van der Waals surface area contributed by atoms with Crippen LogP contribution >= 0.6 is 0 Å². The van der Waals surface area contributed by atoms with E-state index in [9.17, 15) is 9.59 Å². The summed E-state index contributed by atoms with van der Waals surface area (Å²) in [5.41, 5.74) is 14.6. The van der Waals surface area contributed by atoms with E-state index in [2.05, 4.69) is 33.0 Å². The number of nitrogens with two attached hydrogens (primary N) is 2. The van der Waals surface area contributed by atoms with Gasteiger partial charge in [-0.2, -0.15) is 0 Å². The predicted molar refractivity (Wildman–Crippen MR) is 114 cm³/mol. The Balaban J connectivity index is 1.78. The van der Waals surface area contributed by atoms with Gasteiger partial charge in [-0.25, -0.2) is 0 Å². The Kier molecular flexibility index (Phi) is 3.97. The van der Waals surface area contributed by atoms with Crippen LogP contribution < -0.4 is 21.5 Å². The van der Waals surface area contributed by atoms with Gasteiger partial charge in [-0.15, -0.1) is 0 Å². The molecule has 1 aromatic carbocycles. The molecule has 5 N–H and O–H groups in total. The van der Waals surface area contributed by atoms with Crippen LogP contribution in [0.25, 0.3) is 0 Å². The Hall–Kier alpha value is -2.08. The second-order valence-corrected chi connectivity index (χ2v) is 11.1. The molecule has 4 aliphatic rings. The first-order valence-corrected chi connectivity index (χ1v) is 11.2. The topological polar surface area (TPSA) is 107 Å². The van der Waals surface area contributed by atoms with Gasteiger partial charge in [0.05, 0.1) is 0 Å². The maximum Gasteiger partial charge on any atom is 0.252 e. The molecule has 6 heteroatoms. The first-order valence-electron chi connectivity index (χ1n) is 11.2. The van der Waals surface area contributed by atoms with Gasteiger partial charge < -0.3 is 21.5 Å². The number of ether oxygens (including phenoxy) is 1.